The zero-order chi connectivity index (χ0) is 19.6. The molecule has 3 aromatic rings. The van der Waals surface area contributed by atoms with E-state index in [1.54, 1.807) is 49.9 Å². The van der Waals surface area contributed by atoms with Gasteiger partial charge in [0.25, 0.3) is 11.1 Å². The fourth-order valence-corrected chi connectivity index (χ4v) is 2.71. The number of hydrogen-bond acceptors (Lipinski definition) is 4. The number of nitrogens with one attached hydrogen (secondary N) is 3. The first-order valence-electron chi connectivity index (χ1n) is 8.52. The summed E-state index contributed by atoms with van der Waals surface area (Å²) in [6.45, 7) is 6.12. The monoisotopic (exact) mass is 366 g/mol. The lowest BCUT2D eigenvalue weighted by Gasteiger charge is -2.16. The Morgan fingerprint density at radius 3 is 2.11 bits per heavy atom. The Morgan fingerprint density at radius 1 is 0.963 bits per heavy atom. The summed E-state index contributed by atoms with van der Waals surface area (Å²) in [5.74, 6) is 0.716. The van der Waals surface area contributed by atoms with Crippen LogP contribution >= 0.6 is 0 Å². The number of H-pyrrole nitrogens is 3. The molecule has 7 nitrogen and oxygen atoms in total. The van der Waals surface area contributed by atoms with Gasteiger partial charge < -0.3 is 19.7 Å². The number of methoxy groups -OCH3 is 1. The smallest absolute Gasteiger partial charge is 0.272 e. The van der Waals surface area contributed by atoms with Crippen LogP contribution in [0.1, 0.15) is 37.7 Å². The third-order valence-electron chi connectivity index (χ3n) is 4.11. The van der Waals surface area contributed by atoms with Crippen LogP contribution in [0.2, 0.25) is 0 Å². The van der Waals surface area contributed by atoms with Crippen molar-refractivity contribution >= 4 is 12.2 Å². The highest BCUT2D eigenvalue weighted by molar-refractivity contribution is 5.50. The average molecular weight is 366 g/mol. The molecule has 0 atom stereocenters. The highest BCUT2D eigenvalue weighted by atomic mass is 16.5. The van der Waals surface area contributed by atoms with Crippen molar-refractivity contribution in [3.05, 3.63) is 78.9 Å². The SMILES string of the molecule is COc1ccc(/C=c2\[nH]c(=O)/c(=C/c3nc[nH]c3C(C)(C)C)[nH]c2=O)cc1. The van der Waals surface area contributed by atoms with Crippen molar-refractivity contribution in [3.8, 4) is 5.75 Å². The highest BCUT2D eigenvalue weighted by Gasteiger charge is 2.19. The summed E-state index contributed by atoms with van der Waals surface area (Å²) in [6, 6.07) is 7.17. The lowest BCUT2D eigenvalue weighted by Crippen LogP contribution is -2.46. The minimum atomic E-state index is -0.391. The van der Waals surface area contributed by atoms with Gasteiger partial charge in [0.1, 0.15) is 16.4 Å². The van der Waals surface area contributed by atoms with E-state index >= 15 is 0 Å². The molecule has 0 fully saturated rings. The number of rotatable bonds is 3. The van der Waals surface area contributed by atoms with Gasteiger partial charge in [0, 0.05) is 11.1 Å². The van der Waals surface area contributed by atoms with Crippen LogP contribution in [-0.2, 0) is 5.41 Å². The molecule has 3 rings (SSSR count). The zero-order valence-corrected chi connectivity index (χ0v) is 15.7. The van der Waals surface area contributed by atoms with Crippen LogP contribution in [0.25, 0.3) is 12.2 Å². The van der Waals surface area contributed by atoms with Crippen LogP contribution in [-0.4, -0.2) is 27.0 Å². The number of nitrogens with zero attached hydrogens (tertiary/aromatic N) is 1. The number of aromatic nitrogens is 4. The molecule has 0 unspecified atom stereocenters. The first-order valence-corrected chi connectivity index (χ1v) is 8.52. The Labute approximate surface area is 155 Å². The van der Waals surface area contributed by atoms with Crippen molar-refractivity contribution in [2.24, 2.45) is 0 Å². The molecule has 1 aromatic carbocycles. The van der Waals surface area contributed by atoms with Gasteiger partial charge in [-0.2, -0.15) is 0 Å². The molecule has 0 saturated carbocycles. The van der Waals surface area contributed by atoms with E-state index in [2.05, 4.69) is 19.9 Å². The van der Waals surface area contributed by atoms with Gasteiger partial charge in [0.2, 0.25) is 0 Å². The van der Waals surface area contributed by atoms with Crippen LogP contribution < -0.4 is 26.6 Å². The van der Waals surface area contributed by atoms with Crippen molar-refractivity contribution < 1.29 is 4.74 Å². The molecule has 27 heavy (non-hydrogen) atoms. The van der Waals surface area contributed by atoms with Gasteiger partial charge in [-0.1, -0.05) is 32.9 Å². The van der Waals surface area contributed by atoms with Crippen LogP contribution in [0.4, 0.5) is 0 Å². The predicted octanol–water partition coefficient (Wildman–Crippen LogP) is 0.750. The van der Waals surface area contributed by atoms with Crippen LogP contribution in [0.5, 0.6) is 5.75 Å². The molecule has 0 aliphatic carbocycles. The van der Waals surface area contributed by atoms with E-state index in [1.165, 1.54) is 0 Å². The van der Waals surface area contributed by atoms with Crippen molar-refractivity contribution in [2.45, 2.75) is 26.2 Å². The number of hydrogen-bond donors (Lipinski definition) is 3. The van der Waals surface area contributed by atoms with Crippen molar-refractivity contribution in [2.75, 3.05) is 7.11 Å². The first kappa shape index (κ1) is 18.4. The van der Waals surface area contributed by atoms with Gasteiger partial charge in [-0.05, 0) is 29.8 Å². The summed E-state index contributed by atoms with van der Waals surface area (Å²) in [6.07, 6.45) is 4.76. The minimum absolute atomic E-state index is 0.157. The second-order valence-corrected chi connectivity index (χ2v) is 7.21. The molecule has 3 N–H and O–H groups in total. The molecule has 140 valence electrons. The molecule has 0 saturated heterocycles. The van der Waals surface area contributed by atoms with Gasteiger partial charge in [-0.15, -0.1) is 0 Å². The lowest BCUT2D eigenvalue weighted by atomic mass is 9.90. The molecule has 2 heterocycles. The van der Waals surface area contributed by atoms with Crippen LogP contribution in [0.3, 0.4) is 0 Å². The molecule has 2 aromatic heterocycles. The van der Waals surface area contributed by atoms with E-state index < -0.39 is 5.56 Å². The number of aromatic amines is 3. The van der Waals surface area contributed by atoms with Crippen LogP contribution in [0, 0.1) is 0 Å². The Hall–Kier alpha value is -3.35. The van der Waals surface area contributed by atoms with Gasteiger partial charge in [-0.25, -0.2) is 4.98 Å². The van der Waals surface area contributed by atoms with Crippen molar-refractivity contribution in [3.63, 3.8) is 0 Å². The number of imidazole rings is 1. The third kappa shape index (κ3) is 4.08. The maximum atomic E-state index is 12.4. The fraction of sp³-hybridized carbons (Fsp3) is 0.250. The maximum absolute atomic E-state index is 12.4. The molecule has 0 radical (unpaired) electrons. The second-order valence-electron chi connectivity index (χ2n) is 7.21. The number of ether oxygens (including phenoxy) is 1. The zero-order valence-electron chi connectivity index (χ0n) is 15.7. The Kier molecular flexibility index (Phi) is 4.85. The lowest BCUT2D eigenvalue weighted by molar-refractivity contribution is 0.415. The van der Waals surface area contributed by atoms with Gasteiger partial charge in [0.05, 0.1) is 19.1 Å². The largest absolute Gasteiger partial charge is 0.497 e. The van der Waals surface area contributed by atoms with Gasteiger partial charge in [-0.3, -0.25) is 9.59 Å². The average Bonchev–Trinajstić information content (AvgIpc) is 3.08. The summed E-state index contributed by atoms with van der Waals surface area (Å²) in [4.78, 5) is 37.5. The Bertz CT molecular complexity index is 1180. The van der Waals surface area contributed by atoms with Gasteiger partial charge in [0.15, 0.2) is 0 Å². The molecular weight excluding hydrogens is 344 g/mol. The summed E-state index contributed by atoms with van der Waals surface area (Å²) in [7, 11) is 1.58. The number of benzene rings is 1. The van der Waals surface area contributed by atoms with E-state index in [0.29, 0.717) is 11.4 Å². The van der Waals surface area contributed by atoms with E-state index in [0.717, 1.165) is 11.3 Å². The molecule has 7 heteroatoms. The fourth-order valence-electron chi connectivity index (χ4n) is 2.71. The van der Waals surface area contributed by atoms with E-state index in [-0.39, 0.29) is 21.7 Å². The topological polar surface area (TPSA) is 104 Å². The molecular formula is C20H22N4O3. The Morgan fingerprint density at radius 2 is 1.56 bits per heavy atom. The molecule has 0 bridgehead atoms. The summed E-state index contributed by atoms with van der Waals surface area (Å²) >= 11 is 0. The standard InChI is InChI=1S/C20H22N4O3/c1-20(2,3)17-14(21-11-22-17)10-16-19(26)23-15(18(25)24-16)9-12-5-7-13(27-4)8-6-12/h5-11H,1-4H3,(H,21,22)(H,23,26)(H,24,25)/b15-9-,16-10-. The quantitative estimate of drug-likeness (QED) is 0.636. The Balaban J connectivity index is 2.08. The second kappa shape index (κ2) is 7.11. The highest BCUT2D eigenvalue weighted by Crippen LogP contribution is 2.22. The van der Waals surface area contributed by atoms with Crippen molar-refractivity contribution in [1.29, 1.82) is 0 Å². The summed E-state index contributed by atoms with van der Waals surface area (Å²) < 4.78 is 5.11. The first-order chi connectivity index (χ1) is 12.8. The minimum Gasteiger partial charge on any atom is -0.497 e. The van der Waals surface area contributed by atoms with Crippen molar-refractivity contribution in [1.82, 2.24) is 19.9 Å². The molecule has 0 amide bonds. The normalized spacial score (nSPS) is 13.2. The predicted molar refractivity (Wildman–Crippen MR) is 104 cm³/mol. The van der Waals surface area contributed by atoms with Gasteiger partial charge >= 0.3 is 0 Å². The van der Waals surface area contributed by atoms with E-state index in [4.69, 9.17) is 4.74 Å². The summed E-state index contributed by atoms with van der Waals surface area (Å²) in [5, 5.41) is 0.338. The molecule has 0 aliphatic rings. The molecule has 0 spiro atoms. The van der Waals surface area contributed by atoms with E-state index in [1.807, 2.05) is 20.8 Å². The maximum Gasteiger partial charge on any atom is 0.272 e. The molecule has 0 aliphatic heterocycles. The summed E-state index contributed by atoms with van der Waals surface area (Å²) in [5.41, 5.74) is 1.34. The third-order valence-corrected chi connectivity index (χ3v) is 4.11. The van der Waals surface area contributed by atoms with E-state index in [9.17, 15) is 9.59 Å². The van der Waals surface area contributed by atoms with Crippen LogP contribution in [0.15, 0.2) is 40.2 Å².